The van der Waals surface area contributed by atoms with Crippen LogP contribution in [0.15, 0.2) is 51.9 Å². The first-order chi connectivity index (χ1) is 15.2. The third-order valence-corrected chi connectivity index (χ3v) is 7.17. The van der Waals surface area contributed by atoms with Crippen LogP contribution < -0.4 is 4.72 Å². The Morgan fingerprint density at radius 1 is 1.09 bits per heavy atom. The van der Waals surface area contributed by atoms with E-state index in [2.05, 4.69) is 14.9 Å². The Balaban J connectivity index is 1.46. The average Bonchev–Trinajstić information content (AvgIpc) is 3.22. The van der Waals surface area contributed by atoms with Crippen molar-refractivity contribution in [3.8, 4) is 0 Å². The van der Waals surface area contributed by atoms with E-state index in [1.165, 1.54) is 12.1 Å². The van der Waals surface area contributed by atoms with E-state index in [9.17, 15) is 13.2 Å². The first kappa shape index (κ1) is 22.0. The van der Waals surface area contributed by atoms with Crippen molar-refractivity contribution in [2.45, 2.75) is 44.4 Å². The molecule has 1 aliphatic rings. The summed E-state index contributed by atoms with van der Waals surface area (Å²) in [6.07, 6.45) is 1.72. The molecule has 3 aromatic rings. The molecule has 0 spiro atoms. The lowest BCUT2D eigenvalue weighted by Crippen LogP contribution is -2.39. The van der Waals surface area contributed by atoms with E-state index in [0.29, 0.717) is 36.1 Å². The lowest BCUT2D eigenvalue weighted by atomic mass is 9.97. The summed E-state index contributed by atoms with van der Waals surface area (Å²) in [5.41, 5.74) is 3.04. The molecule has 1 saturated heterocycles. The van der Waals surface area contributed by atoms with Gasteiger partial charge in [0.05, 0.1) is 10.8 Å². The van der Waals surface area contributed by atoms with Crippen LogP contribution in [0, 0.1) is 20.8 Å². The van der Waals surface area contributed by atoms with Crippen molar-refractivity contribution in [2.24, 2.45) is 0 Å². The maximum absolute atomic E-state index is 13.0. The molecule has 1 aromatic heterocycles. The highest BCUT2D eigenvalue weighted by Gasteiger charge is 2.29. The normalized spacial score (nSPS) is 16.7. The molecule has 0 saturated carbocycles. The van der Waals surface area contributed by atoms with E-state index in [1.807, 2.05) is 19.9 Å². The highest BCUT2D eigenvalue weighted by Crippen LogP contribution is 2.27. The van der Waals surface area contributed by atoms with Crippen molar-refractivity contribution in [3.05, 3.63) is 70.9 Å². The number of nitrogens with zero attached hydrogens (tertiary/aromatic N) is 3. The Morgan fingerprint density at radius 3 is 2.50 bits per heavy atom. The zero-order valence-corrected chi connectivity index (χ0v) is 19.1. The highest BCUT2D eigenvalue weighted by molar-refractivity contribution is 7.92. The van der Waals surface area contributed by atoms with Gasteiger partial charge in [-0.3, -0.25) is 9.52 Å². The second-order valence-corrected chi connectivity index (χ2v) is 9.88. The molecule has 8 nitrogen and oxygen atoms in total. The van der Waals surface area contributed by atoms with Crippen molar-refractivity contribution in [1.82, 2.24) is 15.0 Å². The summed E-state index contributed by atoms with van der Waals surface area (Å²) in [6, 6.07) is 11.4. The maximum atomic E-state index is 13.0. The van der Waals surface area contributed by atoms with Crippen molar-refractivity contribution < 1.29 is 17.7 Å². The molecule has 1 amide bonds. The van der Waals surface area contributed by atoms with Crippen LogP contribution in [-0.2, 0) is 10.0 Å². The molecule has 1 unspecified atom stereocenters. The molecule has 0 radical (unpaired) electrons. The standard InChI is InChI=1S/C23H26N4O4S/c1-15-6-9-20(13-16(15)2)26-32(29,30)21-10-7-18(8-11-21)23(28)27-12-4-5-19(14-27)22-24-17(3)25-31-22/h6-11,13,19,26H,4-5,12,14H2,1-3H3. The van der Waals surface area contributed by atoms with Gasteiger partial charge in [0.25, 0.3) is 15.9 Å². The highest BCUT2D eigenvalue weighted by atomic mass is 32.2. The average molecular weight is 455 g/mol. The number of benzene rings is 2. The van der Waals surface area contributed by atoms with Gasteiger partial charge in [-0.25, -0.2) is 8.42 Å². The predicted octanol–water partition coefficient (Wildman–Crippen LogP) is 3.82. The van der Waals surface area contributed by atoms with Gasteiger partial charge in [0, 0.05) is 24.3 Å². The van der Waals surface area contributed by atoms with Gasteiger partial charge in [0.1, 0.15) is 0 Å². The molecule has 168 valence electrons. The summed E-state index contributed by atoms with van der Waals surface area (Å²) >= 11 is 0. The number of piperidine rings is 1. The van der Waals surface area contributed by atoms with E-state index in [1.54, 1.807) is 36.1 Å². The van der Waals surface area contributed by atoms with E-state index in [4.69, 9.17) is 4.52 Å². The summed E-state index contributed by atoms with van der Waals surface area (Å²) in [5, 5.41) is 3.84. The number of aromatic nitrogens is 2. The number of hydrogen-bond acceptors (Lipinski definition) is 6. The summed E-state index contributed by atoms with van der Waals surface area (Å²) < 4.78 is 33.4. The molecule has 1 aliphatic heterocycles. The largest absolute Gasteiger partial charge is 0.339 e. The van der Waals surface area contributed by atoms with Crippen molar-refractivity contribution in [3.63, 3.8) is 0 Å². The van der Waals surface area contributed by atoms with Crippen molar-refractivity contribution >= 4 is 21.6 Å². The zero-order chi connectivity index (χ0) is 22.9. The van der Waals surface area contributed by atoms with Crippen molar-refractivity contribution in [2.75, 3.05) is 17.8 Å². The van der Waals surface area contributed by atoms with Crippen LogP contribution in [0.4, 0.5) is 5.69 Å². The minimum atomic E-state index is -3.76. The van der Waals surface area contributed by atoms with E-state index < -0.39 is 10.0 Å². The smallest absolute Gasteiger partial charge is 0.261 e. The van der Waals surface area contributed by atoms with Gasteiger partial charge >= 0.3 is 0 Å². The molecular weight excluding hydrogens is 428 g/mol. The second-order valence-electron chi connectivity index (χ2n) is 8.20. The fourth-order valence-corrected chi connectivity index (χ4v) is 4.87. The van der Waals surface area contributed by atoms with E-state index in [0.717, 1.165) is 24.0 Å². The van der Waals surface area contributed by atoms with Crippen LogP contribution in [0.2, 0.25) is 0 Å². The number of carbonyl (C=O) groups is 1. The molecule has 32 heavy (non-hydrogen) atoms. The number of anilines is 1. The van der Waals surface area contributed by atoms with Crippen LogP contribution in [0.3, 0.4) is 0 Å². The topological polar surface area (TPSA) is 105 Å². The van der Waals surface area contributed by atoms with Gasteiger partial charge in [-0.2, -0.15) is 4.98 Å². The second kappa shape index (κ2) is 8.74. The lowest BCUT2D eigenvalue weighted by molar-refractivity contribution is 0.0695. The Morgan fingerprint density at radius 2 is 1.84 bits per heavy atom. The number of rotatable bonds is 5. The van der Waals surface area contributed by atoms with Gasteiger partial charge in [0.2, 0.25) is 5.89 Å². The Bertz CT molecular complexity index is 1240. The summed E-state index contributed by atoms with van der Waals surface area (Å²) in [6.45, 7) is 6.80. The molecule has 9 heteroatoms. The molecule has 0 aliphatic carbocycles. The minimum Gasteiger partial charge on any atom is -0.339 e. The maximum Gasteiger partial charge on any atom is 0.261 e. The van der Waals surface area contributed by atoms with Gasteiger partial charge < -0.3 is 9.42 Å². The predicted molar refractivity (Wildman–Crippen MR) is 120 cm³/mol. The van der Waals surface area contributed by atoms with Gasteiger partial charge in [-0.1, -0.05) is 11.2 Å². The number of nitrogens with one attached hydrogen (secondary N) is 1. The van der Waals surface area contributed by atoms with E-state index >= 15 is 0 Å². The number of aryl methyl sites for hydroxylation is 3. The van der Waals surface area contributed by atoms with Gasteiger partial charge in [-0.05, 0) is 81.1 Å². The van der Waals surface area contributed by atoms with Gasteiger partial charge in [0.15, 0.2) is 5.82 Å². The lowest BCUT2D eigenvalue weighted by Gasteiger charge is -2.31. The molecule has 1 atom stereocenters. The van der Waals surface area contributed by atoms with Crippen LogP contribution in [0.1, 0.15) is 52.0 Å². The van der Waals surface area contributed by atoms with Crippen LogP contribution in [0.5, 0.6) is 0 Å². The van der Waals surface area contributed by atoms with Crippen LogP contribution in [-0.4, -0.2) is 42.5 Å². The third kappa shape index (κ3) is 4.67. The number of carbonyl (C=O) groups excluding carboxylic acids is 1. The first-order valence-corrected chi connectivity index (χ1v) is 12.0. The summed E-state index contributed by atoms with van der Waals surface area (Å²) in [4.78, 5) is 19.1. The van der Waals surface area contributed by atoms with Crippen LogP contribution in [0.25, 0.3) is 0 Å². The quantitative estimate of drug-likeness (QED) is 0.628. The fourth-order valence-electron chi connectivity index (χ4n) is 3.82. The van der Waals surface area contributed by atoms with E-state index in [-0.39, 0.29) is 16.7 Å². The molecule has 0 bridgehead atoms. The number of likely N-dealkylation sites (tertiary alicyclic amines) is 1. The van der Waals surface area contributed by atoms with Crippen molar-refractivity contribution in [1.29, 1.82) is 0 Å². The van der Waals surface area contributed by atoms with Crippen LogP contribution >= 0.6 is 0 Å². The number of sulfonamides is 1. The number of amides is 1. The molecule has 1 fully saturated rings. The first-order valence-electron chi connectivity index (χ1n) is 10.5. The third-order valence-electron chi connectivity index (χ3n) is 5.77. The number of hydrogen-bond donors (Lipinski definition) is 1. The minimum absolute atomic E-state index is 0.00992. The molecular formula is C23H26N4O4S. The molecule has 4 rings (SSSR count). The Hall–Kier alpha value is -3.20. The molecule has 1 N–H and O–H groups in total. The fraction of sp³-hybridized carbons (Fsp3) is 0.348. The molecule has 2 aromatic carbocycles. The molecule has 2 heterocycles. The zero-order valence-electron chi connectivity index (χ0n) is 18.3. The van der Waals surface area contributed by atoms with Gasteiger partial charge in [-0.15, -0.1) is 0 Å². The Labute approximate surface area is 187 Å². The summed E-state index contributed by atoms with van der Waals surface area (Å²) in [7, 11) is -3.76. The SMILES string of the molecule is Cc1noc(C2CCCN(C(=O)c3ccc(S(=O)(=O)Nc4ccc(C)c(C)c4)cc3)C2)n1. The monoisotopic (exact) mass is 454 g/mol. The Kier molecular flexibility index (Phi) is 6.01. The summed E-state index contributed by atoms with van der Waals surface area (Å²) in [5.74, 6) is 1.00.